The lowest BCUT2D eigenvalue weighted by Gasteiger charge is -2.18. The number of rotatable bonds is 5. The standard InChI is InChI=1S/C17H17N3O5S2/c1-9(15(22)20-6-5-18-17(20)24)25-16(23)13-11(12-4-3-7-26-12)8-27-14(13)19-10(2)21/h3-4,7-9H,5-6H2,1-2H3,(H,18,24)(H,19,21)/t9-/m1/s1. The molecule has 3 heterocycles. The van der Waals surface area contributed by atoms with Gasteiger partial charge in [0, 0.05) is 35.8 Å². The predicted octanol–water partition coefficient (Wildman–Crippen LogP) is 2.53. The van der Waals surface area contributed by atoms with Crippen LogP contribution >= 0.6 is 22.7 Å². The summed E-state index contributed by atoms with van der Waals surface area (Å²) < 4.78 is 5.33. The summed E-state index contributed by atoms with van der Waals surface area (Å²) in [5, 5.41) is 9.14. The molecule has 1 saturated heterocycles. The highest BCUT2D eigenvalue weighted by Crippen LogP contribution is 2.38. The van der Waals surface area contributed by atoms with Gasteiger partial charge in [0.05, 0.1) is 0 Å². The van der Waals surface area contributed by atoms with Crippen LogP contribution in [0.5, 0.6) is 0 Å². The number of carbonyl (C=O) groups is 4. The van der Waals surface area contributed by atoms with Crippen molar-refractivity contribution >= 4 is 51.5 Å². The van der Waals surface area contributed by atoms with E-state index < -0.39 is 24.0 Å². The van der Waals surface area contributed by atoms with E-state index in [0.29, 0.717) is 17.1 Å². The molecule has 0 aromatic carbocycles. The molecule has 4 amide bonds. The van der Waals surface area contributed by atoms with E-state index in [1.165, 1.54) is 36.5 Å². The van der Waals surface area contributed by atoms with Crippen molar-refractivity contribution in [1.82, 2.24) is 10.2 Å². The molecule has 0 radical (unpaired) electrons. The van der Waals surface area contributed by atoms with Crippen LogP contribution in [0.4, 0.5) is 9.80 Å². The number of hydrogen-bond acceptors (Lipinski definition) is 7. The first-order valence-corrected chi connectivity index (χ1v) is 9.87. The molecule has 10 heteroatoms. The minimum atomic E-state index is -1.14. The van der Waals surface area contributed by atoms with E-state index in [-0.39, 0.29) is 18.0 Å². The molecule has 8 nitrogen and oxygen atoms in total. The Morgan fingerprint density at radius 1 is 1.33 bits per heavy atom. The maximum Gasteiger partial charge on any atom is 0.342 e. The molecule has 1 fully saturated rings. The van der Waals surface area contributed by atoms with Crippen LogP contribution < -0.4 is 10.6 Å². The summed E-state index contributed by atoms with van der Waals surface area (Å²) >= 11 is 2.65. The van der Waals surface area contributed by atoms with Gasteiger partial charge in [-0.1, -0.05) is 6.07 Å². The van der Waals surface area contributed by atoms with E-state index in [4.69, 9.17) is 4.74 Å². The summed E-state index contributed by atoms with van der Waals surface area (Å²) in [5.41, 5.74) is 0.825. The maximum atomic E-state index is 12.8. The monoisotopic (exact) mass is 407 g/mol. The number of imide groups is 1. The number of ether oxygens (including phenoxy) is 1. The number of hydrogen-bond donors (Lipinski definition) is 2. The molecular weight excluding hydrogens is 390 g/mol. The Bertz CT molecular complexity index is 891. The third-order valence-electron chi connectivity index (χ3n) is 3.83. The molecule has 1 aliphatic heterocycles. The van der Waals surface area contributed by atoms with Crippen LogP contribution in [-0.4, -0.2) is 47.9 Å². The summed E-state index contributed by atoms with van der Waals surface area (Å²) in [7, 11) is 0. The summed E-state index contributed by atoms with van der Waals surface area (Å²) in [6, 6.07) is 3.20. The Morgan fingerprint density at radius 3 is 2.70 bits per heavy atom. The van der Waals surface area contributed by atoms with Crippen LogP contribution in [-0.2, 0) is 14.3 Å². The van der Waals surface area contributed by atoms with Gasteiger partial charge in [-0.2, -0.15) is 0 Å². The van der Waals surface area contributed by atoms with E-state index in [1.807, 2.05) is 17.5 Å². The molecule has 0 spiro atoms. The maximum absolute atomic E-state index is 12.8. The van der Waals surface area contributed by atoms with Crippen molar-refractivity contribution in [3.05, 3.63) is 28.5 Å². The van der Waals surface area contributed by atoms with Gasteiger partial charge in [0.25, 0.3) is 5.91 Å². The van der Waals surface area contributed by atoms with Crippen LogP contribution in [0.3, 0.4) is 0 Å². The lowest BCUT2D eigenvalue weighted by atomic mass is 10.1. The van der Waals surface area contributed by atoms with Crippen molar-refractivity contribution < 1.29 is 23.9 Å². The van der Waals surface area contributed by atoms with Crippen LogP contribution in [0.2, 0.25) is 0 Å². The van der Waals surface area contributed by atoms with E-state index in [1.54, 1.807) is 5.38 Å². The average molecular weight is 407 g/mol. The van der Waals surface area contributed by atoms with Crippen molar-refractivity contribution in [3.63, 3.8) is 0 Å². The first-order chi connectivity index (χ1) is 12.9. The molecule has 0 unspecified atom stereocenters. The van der Waals surface area contributed by atoms with Gasteiger partial charge < -0.3 is 15.4 Å². The molecule has 27 heavy (non-hydrogen) atoms. The van der Waals surface area contributed by atoms with Gasteiger partial charge in [-0.3, -0.25) is 14.5 Å². The molecule has 0 saturated carbocycles. The number of nitrogens with one attached hydrogen (secondary N) is 2. The van der Waals surface area contributed by atoms with Gasteiger partial charge in [0.15, 0.2) is 6.10 Å². The number of urea groups is 1. The number of nitrogens with zero attached hydrogens (tertiary/aromatic N) is 1. The molecule has 0 bridgehead atoms. The Kier molecular flexibility index (Phi) is 5.57. The molecular formula is C17H17N3O5S2. The minimum absolute atomic E-state index is 0.197. The zero-order chi connectivity index (χ0) is 19.6. The predicted molar refractivity (Wildman–Crippen MR) is 102 cm³/mol. The first kappa shape index (κ1) is 19.1. The molecule has 2 N–H and O–H groups in total. The second-order valence-electron chi connectivity index (χ2n) is 5.78. The topological polar surface area (TPSA) is 105 Å². The second-order valence-corrected chi connectivity index (χ2v) is 7.61. The Hall–Kier alpha value is -2.72. The molecule has 1 aliphatic rings. The Labute approximate surface area is 163 Å². The number of thiophene rings is 2. The summed E-state index contributed by atoms with van der Waals surface area (Å²) in [6.07, 6.45) is -1.14. The van der Waals surface area contributed by atoms with Gasteiger partial charge in [0.1, 0.15) is 10.6 Å². The van der Waals surface area contributed by atoms with Gasteiger partial charge in [-0.15, -0.1) is 22.7 Å². The number of esters is 1. The molecule has 1 atom stereocenters. The smallest absolute Gasteiger partial charge is 0.342 e. The van der Waals surface area contributed by atoms with Crippen LogP contribution in [0.25, 0.3) is 10.4 Å². The van der Waals surface area contributed by atoms with E-state index >= 15 is 0 Å². The van der Waals surface area contributed by atoms with Crippen LogP contribution in [0.15, 0.2) is 22.9 Å². The zero-order valence-electron chi connectivity index (χ0n) is 14.6. The molecule has 2 aromatic heterocycles. The van der Waals surface area contributed by atoms with E-state index in [2.05, 4.69) is 10.6 Å². The first-order valence-electron chi connectivity index (χ1n) is 8.11. The number of amides is 4. The zero-order valence-corrected chi connectivity index (χ0v) is 16.2. The van der Waals surface area contributed by atoms with Gasteiger partial charge in [-0.05, 0) is 18.4 Å². The normalized spacial score (nSPS) is 14.6. The number of anilines is 1. The molecule has 142 valence electrons. The van der Waals surface area contributed by atoms with Crippen LogP contribution in [0.1, 0.15) is 24.2 Å². The minimum Gasteiger partial charge on any atom is -0.449 e. The SMILES string of the molecule is CC(=O)Nc1scc(-c2cccs2)c1C(=O)O[C@H](C)C(=O)N1CCNC1=O. The fourth-order valence-electron chi connectivity index (χ4n) is 2.60. The van der Waals surface area contributed by atoms with Gasteiger partial charge >= 0.3 is 12.0 Å². The summed E-state index contributed by atoms with van der Waals surface area (Å²) in [6.45, 7) is 3.36. The third kappa shape index (κ3) is 4.01. The van der Waals surface area contributed by atoms with Crippen molar-refractivity contribution in [2.75, 3.05) is 18.4 Å². The lowest BCUT2D eigenvalue weighted by Crippen LogP contribution is -2.41. The summed E-state index contributed by atoms with van der Waals surface area (Å²) in [5.74, 6) is -1.64. The van der Waals surface area contributed by atoms with E-state index in [9.17, 15) is 19.2 Å². The van der Waals surface area contributed by atoms with Crippen molar-refractivity contribution in [2.24, 2.45) is 0 Å². The van der Waals surface area contributed by atoms with Gasteiger partial charge in [-0.25, -0.2) is 9.59 Å². The molecule has 2 aromatic rings. The molecule has 0 aliphatic carbocycles. The highest BCUT2D eigenvalue weighted by Gasteiger charge is 2.33. The summed E-state index contributed by atoms with van der Waals surface area (Å²) in [4.78, 5) is 50.1. The lowest BCUT2D eigenvalue weighted by molar-refractivity contribution is -0.136. The molecule has 3 rings (SSSR count). The fraction of sp³-hybridized carbons (Fsp3) is 0.294. The Morgan fingerprint density at radius 2 is 2.11 bits per heavy atom. The van der Waals surface area contributed by atoms with Crippen molar-refractivity contribution in [1.29, 1.82) is 0 Å². The fourth-order valence-corrected chi connectivity index (χ4v) is 4.41. The quantitative estimate of drug-likeness (QED) is 0.741. The van der Waals surface area contributed by atoms with Crippen LogP contribution in [0, 0.1) is 0 Å². The Balaban J connectivity index is 1.84. The van der Waals surface area contributed by atoms with Crippen molar-refractivity contribution in [2.45, 2.75) is 20.0 Å². The largest absolute Gasteiger partial charge is 0.449 e. The van der Waals surface area contributed by atoms with Gasteiger partial charge in [0.2, 0.25) is 5.91 Å². The highest BCUT2D eigenvalue weighted by molar-refractivity contribution is 7.17. The number of carbonyl (C=O) groups excluding carboxylic acids is 4. The third-order valence-corrected chi connectivity index (χ3v) is 5.62. The van der Waals surface area contributed by atoms with Crippen molar-refractivity contribution in [3.8, 4) is 10.4 Å². The van der Waals surface area contributed by atoms with E-state index in [0.717, 1.165) is 9.78 Å². The second kappa shape index (κ2) is 7.89. The highest BCUT2D eigenvalue weighted by atomic mass is 32.1. The average Bonchev–Trinajstić information content (AvgIpc) is 3.33.